The van der Waals surface area contributed by atoms with Crippen molar-refractivity contribution in [3.05, 3.63) is 35.9 Å². The van der Waals surface area contributed by atoms with Crippen LogP contribution in [0.2, 0.25) is 0 Å². The molecule has 1 atom stereocenters. The molecule has 0 bridgehead atoms. The number of ketones is 1. The SMILES string of the molecule is CC(C)OC(=O)[C@@H](C)C(=O)c1ccccc1. The van der Waals surface area contributed by atoms with Crippen LogP contribution in [0.3, 0.4) is 0 Å². The summed E-state index contributed by atoms with van der Waals surface area (Å²) in [5, 5.41) is 0. The molecule has 0 spiro atoms. The summed E-state index contributed by atoms with van der Waals surface area (Å²) in [6.45, 7) is 5.09. The van der Waals surface area contributed by atoms with Gasteiger partial charge in [0, 0.05) is 5.56 Å². The van der Waals surface area contributed by atoms with Crippen molar-refractivity contribution in [2.45, 2.75) is 26.9 Å². The first kappa shape index (κ1) is 12.4. The van der Waals surface area contributed by atoms with E-state index in [0.717, 1.165) is 0 Å². The van der Waals surface area contributed by atoms with Crippen molar-refractivity contribution in [3.63, 3.8) is 0 Å². The Hall–Kier alpha value is -1.64. The second-order valence-electron chi connectivity index (χ2n) is 3.94. The zero-order valence-electron chi connectivity index (χ0n) is 9.77. The minimum atomic E-state index is -0.746. The number of ether oxygens (including phenoxy) is 1. The molecular weight excluding hydrogens is 204 g/mol. The van der Waals surface area contributed by atoms with Crippen molar-refractivity contribution in [2.24, 2.45) is 5.92 Å². The van der Waals surface area contributed by atoms with Gasteiger partial charge in [-0.3, -0.25) is 9.59 Å². The molecule has 0 radical (unpaired) electrons. The third kappa shape index (κ3) is 3.19. The van der Waals surface area contributed by atoms with E-state index in [1.165, 1.54) is 0 Å². The van der Waals surface area contributed by atoms with Crippen LogP contribution in [0.1, 0.15) is 31.1 Å². The predicted octanol–water partition coefficient (Wildman–Crippen LogP) is 2.46. The van der Waals surface area contributed by atoms with Gasteiger partial charge >= 0.3 is 5.97 Å². The van der Waals surface area contributed by atoms with Gasteiger partial charge in [-0.05, 0) is 20.8 Å². The van der Waals surface area contributed by atoms with E-state index in [0.29, 0.717) is 5.56 Å². The lowest BCUT2D eigenvalue weighted by atomic mass is 10.00. The molecule has 0 aromatic heterocycles. The lowest BCUT2D eigenvalue weighted by molar-refractivity contribution is -0.149. The summed E-state index contributed by atoms with van der Waals surface area (Å²) in [7, 11) is 0. The van der Waals surface area contributed by atoms with Gasteiger partial charge in [0.1, 0.15) is 5.92 Å². The fourth-order valence-electron chi connectivity index (χ4n) is 1.29. The molecule has 1 rings (SSSR count). The Morgan fingerprint density at radius 2 is 1.62 bits per heavy atom. The summed E-state index contributed by atoms with van der Waals surface area (Å²) in [4.78, 5) is 23.4. The van der Waals surface area contributed by atoms with Crippen LogP contribution in [-0.4, -0.2) is 17.9 Å². The molecule has 0 aliphatic heterocycles. The number of esters is 1. The van der Waals surface area contributed by atoms with Crippen LogP contribution in [0, 0.1) is 5.92 Å². The van der Waals surface area contributed by atoms with Crippen molar-refractivity contribution >= 4 is 11.8 Å². The average molecular weight is 220 g/mol. The van der Waals surface area contributed by atoms with E-state index >= 15 is 0 Å². The highest BCUT2D eigenvalue weighted by atomic mass is 16.5. The van der Waals surface area contributed by atoms with E-state index in [4.69, 9.17) is 4.74 Å². The van der Waals surface area contributed by atoms with Gasteiger partial charge in [0.2, 0.25) is 0 Å². The van der Waals surface area contributed by atoms with Crippen LogP contribution in [0.4, 0.5) is 0 Å². The Morgan fingerprint density at radius 1 is 1.06 bits per heavy atom. The van der Waals surface area contributed by atoms with Gasteiger partial charge in [0.05, 0.1) is 6.10 Å². The number of hydrogen-bond acceptors (Lipinski definition) is 3. The maximum Gasteiger partial charge on any atom is 0.316 e. The van der Waals surface area contributed by atoms with Crippen LogP contribution >= 0.6 is 0 Å². The molecule has 0 heterocycles. The third-order valence-corrected chi connectivity index (χ3v) is 2.16. The zero-order chi connectivity index (χ0) is 12.1. The Bertz CT molecular complexity index is 368. The molecule has 0 saturated heterocycles. The molecule has 0 fully saturated rings. The van der Waals surface area contributed by atoms with Crippen molar-refractivity contribution in [2.75, 3.05) is 0 Å². The molecule has 3 heteroatoms. The molecule has 16 heavy (non-hydrogen) atoms. The lowest BCUT2D eigenvalue weighted by Gasteiger charge is -2.12. The molecule has 0 aliphatic rings. The number of benzene rings is 1. The largest absolute Gasteiger partial charge is 0.462 e. The fourth-order valence-corrected chi connectivity index (χ4v) is 1.29. The highest BCUT2D eigenvalue weighted by molar-refractivity contribution is 6.08. The predicted molar refractivity (Wildman–Crippen MR) is 61.2 cm³/mol. The molecule has 0 unspecified atom stereocenters. The topological polar surface area (TPSA) is 43.4 Å². The number of hydrogen-bond donors (Lipinski definition) is 0. The normalized spacial score (nSPS) is 12.2. The van der Waals surface area contributed by atoms with Crippen LogP contribution in [0.25, 0.3) is 0 Å². The quantitative estimate of drug-likeness (QED) is 0.444. The number of carbonyl (C=O) groups is 2. The van der Waals surface area contributed by atoms with Gasteiger partial charge in [-0.2, -0.15) is 0 Å². The first-order valence-electron chi connectivity index (χ1n) is 5.32. The summed E-state index contributed by atoms with van der Waals surface area (Å²) < 4.78 is 4.99. The van der Waals surface area contributed by atoms with Crippen molar-refractivity contribution in [3.8, 4) is 0 Å². The minimum absolute atomic E-state index is 0.196. The molecule has 0 aliphatic carbocycles. The average Bonchev–Trinajstić information content (AvgIpc) is 2.27. The summed E-state index contributed by atoms with van der Waals surface area (Å²) >= 11 is 0. The number of rotatable bonds is 4. The van der Waals surface area contributed by atoms with E-state index < -0.39 is 11.9 Å². The standard InChI is InChI=1S/C13H16O3/c1-9(2)16-13(15)10(3)12(14)11-7-5-4-6-8-11/h4-10H,1-3H3/t10-/m0/s1. The molecule has 86 valence electrons. The Kier molecular flexibility index (Phi) is 4.23. The summed E-state index contributed by atoms with van der Waals surface area (Å²) in [5.74, 6) is -1.42. The first-order chi connectivity index (χ1) is 7.52. The molecule has 0 amide bonds. The Balaban J connectivity index is 2.72. The number of Topliss-reactive ketones (excluding diaryl/α,β-unsaturated/α-hetero) is 1. The molecule has 1 aromatic rings. The molecule has 1 aromatic carbocycles. The second-order valence-corrected chi connectivity index (χ2v) is 3.94. The van der Waals surface area contributed by atoms with Gasteiger partial charge in [-0.1, -0.05) is 30.3 Å². The third-order valence-electron chi connectivity index (χ3n) is 2.16. The van der Waals surface area contributed by atoms with E-state index in [9.17, 15) is 9.59 Å². The maximum absolute atomic E-state index is 11.9. The van der Waals surface area contributed by atoms with Gasteiger partial charge in [0.15, 0.2) is 5.78 Å². The zero-order valence-corrected chi connectivity index (χ0v) is 9.77. The van der Waals surface area contributed by atoms with Crippen molar-refractivity contribution < 1.29 is 14.3 Å². The highest BCUT2D eigenvalue weighted by Crippen LogP contribution is 2.11. The summed E-state index contributed by atoms with van der Waals surface area (Å²) in [6.07, 6.45) is -0.196. The lowest BCUT2D eigenvalue weighted by Crippen LogP contribution is -2.25. The van der Waals surface area contributed by atoms with Crippen LogP contribution in [-0.2, 0) is 9.53 Å². The van der Waals surface area contributed by atoms with Gasteiger partial charge in [0.25, 0.3) is 0 Å². The van der Waals surface area contributed by atoms with E-state index in [1.54, 1.807) is 45.0 Å². The Labute approximate surface area is 95.4 Å². The summed E-state index contributed by atoms with van der Waals surface area (Å²) in [6, 6.07) is 8.76. The van der Waals surface area contributed by atoms with Crippen LogP contribution < -0.4 is 0 Å². The molecule has 3 nitrogen and oxygen atoms in total. The van der Waals surface area contributed by atoms with Crippen molar-refractivity contribution in [1.82, 2.24) is 0 Å². The number of carbonyl (C=O) groups excluding carboxylic acids is 2. The van der Waals surface area contributed by atoms with E-state index in [1.807, 2.05) is 6.07 Å². The monoisotopic (exact) mass is 220 g/mol. The van der Waals surface area contributed by atoms with E-state index in [-0.39, 0.29) is 11.9 Å². The minimum Gasteiger partial charge on any atom is -0.462 e. The Morgan fingerprint density at radius 3 is 2.12 bits per heavy atom. The smallest absolute Gasteiger partial charge is 0.316 e. The van der Waals surface area contributed by atoms with Gasteiger partial charge in [-0.25, -0.2) is 0 Å². The fraction of sp³-hybridized carbons (Fsp3) is 0.385. The highest BCUT2D eigenvalue weighted by Gasteiger charge is 2.24. The van der Waals surface area contributed by atoms with Crippen LogP contribution in [0.5, 0.6) is 0 Å². The van der Waals surface area contributed by atoms with Gasteiger partial charge in [-0.15, -0.1) is 0 Å². The maximum atomic E-state index is 11.9. The summed E-state index contributed by atoms with van der Waals surface area (Å²) in [5.41, 5.74) is 0.538. The van der Waals surface area contributed by atoms with Crippen LogP contribution in [0.15, 0.2) is 30.3 Å². The first-order valence-corrected chi connectivity index (χ1v) is 5.32. The van der Waals surface area contributed by atoms with Gasteiger partial charge < -0.3 is 4.74 Å². The molecular formula is C13H16O3. The molecule has 0 N–H and O–H groups in total. The van der Waals surface area contributed by atoms with Crippen molar-refractivity contribution in [1.29, 1.82) is 0 Å². The second kappa shape index (κ2) is 5.45. The van der Waals surface area contributed by atoms with E-state index in [2.05, 4.69) is 0 Å². The molecule has 0 saturated carbocycles.